The van der Waals surface area contributed by atoms with E-state index in [1.165, 1.54) is 5.56 Å². The number of nitrogens with zero attached hydrogens (tertiary/aromatic N) is 1. The van der Waals surface area contributed by atoms with Crippen molar-refractivity contribution in [3.8, 4) is 0 Å². The second-order valence-corrected chi connectivity index (χ2v) is 11.5. The maximum atomic E-state index is 12.0. The molecule has 0 bridgehead atoms. The van der Waals surface area contributed by atoms with Crippen LogP contribution in [-0.2, 0) is 36.6 Å². The van der Waals surface area contributed by atoms with Crippen molar-refractivity contribution in [3.63, 3.8) is 0 Å². The highest BCUT2D eigenvalue weighted by molar-refractivity contribution is 8.29. The lowest BCUT2D eigenvalue weighted by Crippen LogP contribution is -2.47. The molecule has 1 aromatic rings. The van der Waals surface area contributed by atoms with Gasteiger partial charge < -0.3 is 0 Å². The number of halogens is 9. The van der Waals surface area contributed by atoms with Crippen molar-refractivity contribution in [3.05, 3.63) is 34.0 Å². The Bertz CT molecular complexity index is 928. The van der Waals surface area contributed by atoms with Gasteiger partial charge in [-0.15, -0.1) is 0 Å². The normalized spacial score (nSPS) is 14.3. The van der Waals surface area contributed by atoms with Gasteiger partial charge in [0.15, 0.2) is 41.9 Å². The molecule has 1 heterocycles. The molecular formula is C11H10F9NO6S3. The van der Waals surface area contributed by atoms with E-state index in [0.717, 1.165) is 0 Å². The molecule has 0 N–H and O–H groups in total. The van der Waals surface area contributed by atoms with Crippen LogP contribution in [0.5, 0.6) is 0 Å². The average molecular weight is 519 g/mol. The molecule has 0 saturated carbocycles. The third-order valence-corrected chi connectivity index (χ3v) is 9.81. The van der Waals surface area contributed by atoms with Crippen LogP contribution in [0.15, 0.2) is 24.5 Å². The van der Waals surface area contributed by atoms with Crippen LogP contribution in [-0.4, -0.2) is 41.8 Å². The van der Waals surface area contributed by atoms with Crippen molar-refractivity contribution in [2.75, 3.05) is 0 Å². The Morgan fingerprint density at radius 1 is 0.667 bits per heavy atom. The summed E-state index contributed by atoms with van der Waals surface area (Å²) in [5, 5.41) is 0. The molecule has 0 radical (unpaired) electrons. The van der Waals surface area contributed by atoms with Gasteiger partial charge in [0.05, 0.1) is 3.91 Å². The first-order valence-corrected chi connectivity index (χ1v) is 11.1. The topological polar surface area (TPSA) is 106 Å². The van der Waals surface area contributed by atoms with Crippen LogP contribution >= 0.6 is 0 Å². The van der Waals surface area contributed by atoms with Gasteiger partial charge in [-0.25, -0.2) is 4.57 Å². The summed E-state index contributed by atoms with van der Waals surface area (Å²) < 4.78 is 169. The highest BCUT2D eigenvalue weighted by Crippen LogP contribution is 2.47. The second kappa shape index (κ2) is 8.48. The number of sulfone groups is 3. The fourth-order valence-electron chi connectivity index (χ4n) is 1.29. The molecule has 7 nitrogen and oxygen atoms in total. The SMILES string of the molecule is Cc1cc[n+](C)cc1.O=S(=O)([C-](S(=O)(=O)C(F)(F)F)S(=O)(=O)C(F)(F)F)C(F)(F)F. The third kappa shape index (κ3) is 5.96. The number of hydrogen-bond donors (Lipinski definition) is 0. The Morgan fingerprint density at radius 3 is 1.07 bits per heavy atom. The highest BCUT2D eigenvalue weighted by Gasteiger charge is 2.63. The van der Waals surface area contributed by atoms with E-state index in [2.05, 4.69) is 19.1 Å². The van der Waals surface area contributed by atoms with Gasteiger partial charge >= 0.3 is 16.5 Å². The zero-order chi connectivity index (χ0) is 24.6. The Hall–Kier alpha value is -1.63. The Kier molecular flexibility index (Phi) is 8.02. The van der Waals surface area contributed by atoms with Crippen molar-refractivity contribution >= 4 is 29.5 Å². The van der Waals surface area contributed by atoms with Crippen molar-refractivity contribution in [1.82, 2.24) is 0 Å². The largest absolute Gasteiger partial charge is 0.470 e. The minimum absolute atomic E-state index is 1.31. The molecule has 0 fully saturated rings. The number of hydrogen-bond acceptors (Lipinski definition) is 6. The first-order valence-electron chi connectivity index (χ1n) is 6.63. The molecule has 0 aliphatic carbocycles. The maximum absolute atomic E-state index is 12.0. The quantitative estimate of drug-likeness (QED) is 0.344. The van der Waals surface area contributed by atoms with Gasteiger partial charge in [-0.05, 0) is 12.5 Å². The molecule has 0 aromatic carbocycles. The van der Waals surface area contributed by atoms with E-state index in [4.69, 9.17) is 0 Å². The van der Waals surface area contributed by atoms with Crippen molar-refractivity contribution in [2.45, 2.75) is 23.4 Å². The van der Waals surface area contributed by atoms with Crippen LogP contribution in [0.25, 0.3) is 0 Å². The molecule has 0 spiro atoms. The van der Waals surface area contributed by atoms with Crippen LogP contribution in [0.1, 0.15) is 5.56 Å². The highest BCUT2D eigenvalue weighted by atomic mass is 32.3. The van der Waals surface area contributed by atoms with Crippen LogP contribution in [0.4, 0.5) is 39.5 Å². The predicted molar refractivity (Wildman–Crippen MR) is 80.5 cm³/mol. The van der Waals surface area contributed by atoms with E-state index in [1.807, 2.05) is 24.0 Å². The fraction of sp³-hybridized carbons (Fsp3) is 0.455. The van der Waals surface area contributed by atoms with E-state index >= 15 is 0 Å². The van der Waals surface area contributed by atoms with Gasteiger partial charge in [0, 0.05) is 12.1 Å². The summed E-state index contributed by atoms with van der Waals surface area (Å²) in [4.78, 5) is 0. The van der Waals surface area contributed by atoms with E-state index < -0.39 is 50.0 Å². The Balaban J connectivity index is 0.000000867. The summed E-state index contributed by atoms with van der Waals surface area (Å²) >= 11 is 0. The van der Waals surface area contributed by atoms with E-state index in [-0.39, 0.29) is 0 Å². The Labute approximate surface area is 163 Å². The number of alkyl halides is 9. The van der Waals surface area contributed by atoms with Gasteiger partial charge in [0.1, 0.15) is 7.05 Å². The molecule has 0 aliphatic heterocycles. The van der Waals surface area contributed by atoms with Gasteiger partial charge in [0.25, 0.3) is 0 Å². The van der Waals surface area contributed by atoms with Gasteiger partial charge in [-0.1, -0.05) is 0 Å². The molecule has 1 rings (SSSR count). The minimum atomic E-state index is -8.02. The smallest absolute Gasteiger partial charge is 0.251 e. The summed E-state index contributed by atoms with van der Waals surface area (Å²) in [6.45, 7) is 2.08. The third-order valence-electron chi connectivity index (χ3n) is 2.72. The van der Waals surface area contributed by atoms with Crippen LogP contribution in [0.3, 0.4) is 0 Å². The number of pyridine rings is 1. The number of aromatic nitrogens is 1. The van der Waals surface area contributed by atoms with Crippen molar-refractivity contribution in [2.24, 2.45) is 7.05 Å². The molecule has 0 saturated heterocycles. The predicted octanol–water partition coefficient (Wildman–Crippen LogP) is 2.06. The maximum Gasteiger partial charge on any atom is 0.470 e. The molecule has 1 aromatic heterocycles. The molecule has 0 amide bonds. The summed E-state index contributed by atoms with van der Waals surface area (Å²) in [5.41, 5.74) is -19.9. The fourth-order valence-corrected chi connectivity index (χ4v) is 7.03. The van der Waals surface area contributed by atoms with Crippen LogP contribution in [0.2, 0.25) is 0 Å². The second-order valence-electron chi connectivity index (χ2n) is 5.14. The molecular weight excluding hydrogens is 509 g/mol. The number of rotatable bonds is 3. The molecule has 19 heteroatoms. The van der Waals surface area contributed by atoms with Gasteiger partial charge in [0.2, 0.25) is 0 Å². The molecule has 0 unspecified atom stereocenters. The molecule has 0 atom stereocenters. The van der Waals surface area contributed by atoms with Crippen LogP contribution < -0.4 is 4.57 Å². The average Bonchev–Trinajstić information content (AvgIpc) is 2.46. The van der Waals surface area contributed by atoms with Gasteiger partial charge in [-0.3, -0.25) is 25.3 Å². The lowest BCUT2D eigenvalue weighted by molar-refractivity contribution is -0.671. The standard InChI is InChI=1S/C7H10N.C4F9O6S3/c1-7-3-5-8(2)6-4-7;5-2(6,7)20(14,15)1(21(16,17)3(8,9)10)22(18,19)4(11,12)13/h3-6H,1-2H3;/q+1;-1. The van der Waals surface area contributed by atoms with Crippen LogP contribution in [0, 0.1) is 10.8 Å². The van der Waals surface area contributed by atoms with E-state index in [1.54, 1.807) is 0 Å². The summed E-state index contributed by atoms with van der Waals surface area (Å²) in [7, 11) is -22.0. The summed E-state index contributed by atoms with van der Waals surface area (Å²) in [5.74, 6) is 0. The van der Waals surface area contributed by atoms with Crippen molar-refractivity contribution in [1.29, 1.82) is 0 Å². The summed E-state index contributed by atoms with van der Waals surface area (Å²) in [6.07, 6.45) is 4.07. The monoisotopic (exact) mass is 519 g/mol. The van der Waals surface area contributed by atoms with Gasteiger partial charge in [-0.2, -0.15) is 39.5 Å². The van der Waals surface area contributed by atoms with E-state index in [9.17, 15) is 64.8 Å². The number of aryl methyl sites for hydroxylation is 2. The lowest BCUT2D eigenvalue weighted by atomic mass is 10.3. The summed E-state index contributed by atoms with van der Waals surface area (Å²) in [6, 6.07) is 4.17. The molecule has 176 valence electrons. The van der Waals surface area contributed by atoms with Crippen molar-refractivity contribution < 1.29 is 69.3 Å². The van der Waals surface area contributed by atoms with E-state index in [0.29, 0.717) is 0 Å². The zero-order valence-corrected chi connectivity index (χ0v) is 16.8. The lowest BCUT2D eigenvalue weighted by Gasteiger charge is -2.31. The molecule has 0 aliphatic rings. The Morgan fingerprint density at radius 2 is 0.900 bits per heavy atom. The zero-order valence-electron chi connectivity index (χ0n) is 14.3. The molecule has 30 heavy (non-hydrogen) atoms. The first kappa shape index (κ1) is 28.4. The first-order chi connectivity index (χ1) is 12.9. The minimum Gasteiger partial charge on any atom is -0.251 e.